The first kappa shape index (κ1) is 24.2. The second kappa shape index (κ2) is 9.73. The van der Waals surface area contributed by atoms with Crippen LogP contribution in [0, 0.1) is 0 Å². The van der Waals surface area contributed by atoms with Crippen molar-refractivity contribution in [2.45, 2.75) is 36.2 Å². The molecule has 0 bridgehead atoms. The van der Waals surface area contributed by atoms with E-state index in [0.717, 1.165) is 28.0 Å². The number of allylic oxidation sites excluding steroid dienone is 1. The number of aliphatic carboxylic acids is 1. The number of nitrogens with two attached hydrogens (primary N) is 1. The first-order chi connectivity index (χ1) is 16.2. The third-order valence-electron chi connectivity index (χ3n) is 4.97. The van der Waals surface area contributed by atoms with Crippen molar-refractivity contribution in [3.8, 4) is 0 Å². The Balaban J connectivity index is 1.51. The summed E-state index contributed by atoms with van der Waals surface area (Å²) in [6.07, 6.45) is 0.767. The van der Waals surface area contributed by atoms with Gasteiger partial charge in [0.15, 0.2) is 15.2 Å². The van der Waals surface area contributed by atoms with Gasteiger partial charge in [-0.3, -0.25) is 14.5 Å². The molecule has 1 saturated heterocycles. The molecule has 2 aliphatic heterocycles. The standard InChI is InChI=1S/C17H17ClN8O5S3/c1-2-20-16-23-24-17(34-16)32-6-4-3-5-7(13(28)26(5)10(6)14(29)30)21-12(27)9(25-31)8-11(18)33-15(19)22-8/h5,7,31H,2-4H2,1H3,(H2,19,22)(H,20,23)(H,21,27)(H,29,30)/b25-9-. The van der Waals surface area contributed by atoms with E-state index in [2.05, 4.69) is 31.0 Å². The summed E-state index contributed by atoms with van der Waals surface area (Å²) in [5, 5.41) is 36.3. The number of halogens is 1. The molecule has 2 aromatic rings. The van der Waals surface area contributed by atoms with Gasteiger partial charge in [0.2, 0.25) is 5.13 Å². The van der Waals surface area contributed by atoms with Crippen LogP contribution in [0.25, 0.3) is 0 Å². The molecule has 0 aromatic carbocycles. The van der Waals surface area contributed by atoms with Crippen molar-refractivity contribution in [3.63, 3.8) is 0 Å². The Morgan fingerprint density at radius 2 is 2.15 bits per heavy atom. The lowest BCUT2D eigenvalue weighted by Crippen LogP contribution is -2.72. The quantitative estimate of drug-likeness (QED) is 0.139. The molecule has 0 radical (unpaired) electrons. The van der Waals surface area contributed by atoms with Crippen LogP contribution in [0.15, 0.2) is 20.1 Å². The monoisotopic (exact) mass is 544 g/mol. The van der Waals surface area contributed by atoms with Gasteiger partial charge in [0.05, 0.1) is 6.04 Å². The molecule has 2 amide bonds. The molecule has 13 nitrogen and oxygen atoms in total. The second-order valence-electron chi connectivity index (χ2n) is 6.97. The number of aromatic nitrogens is 3. The summed E-state index contributed by atoms with van der Waals surface area (Å²) in [6, 6.07) is -1.57. The van der Waals surface area contributed by atoms with Crippen LogP contribution in [0.3, 0.4) is 0 Å². The van der Waals surface area contributed by atoms with Gasteiger partial charge in [0, 0.05) is 11.4 Å². The fourth-order valence-corrected chi connectivity index (χ4v) is 6.55. The number of amides is 2. The summed E-state index contributed by atoms with van der Waals surface area (Å²) < 4.78 is 0.593. The topological polar surface area (TPSA) is 196 Å². The Morgan fingerprint density at radius 1 is 1.38 bits per heavy atom. The number of oxime groups is 1. The van der Waals surface area contributed by atoms with Gasteiger partial charge in [-0.15, -0.1) is 10.2 Å². The average molecular weight is 545 g/mol. The number of thiazole rings is 1. The van der Waals surface area contributed by atoms with Crippen LogP contribution in [0.1, 0.15) is 25.5 Å². The van der Waals surface area contributed by atoms with E-state index in [-0.39, 0.29) is 20.9 Å². The molecule has 17 heteroatoms. The normalized spacial score (nSPS) is 20.1. The van der Waals surface area contributed by atoms with Gasteiger partial charge >= 0.3 is 5.97 Å². The minimum absolute atomic E-state index is 0.0476. The lowest BCUT2D eigenvalue weighted by molar-refractivity contribution is -0.155. The zero-order chi connectivity index (χ0) is 24.6. The van der Waals surface area contributed by atoms with E-state index < -0.39 is 35.6 Å². The lowest BCUT2D eigenvalue weighted by Gasteiger charge is -2.49. The average Bonchev–Trinajstić information content (AvgIpc) is 3.37. The number of carbonyl (C=O) groups is 3. The van der Waals surface area contributed by atoms with Crippen LogP contribution in [-0.2, 0) is 14.4 Å². The van der Waals surface area contributed by atoms with E-state index in [1.54, 1.807) is 0 Å². The van der Waals surface area contributed by atoms with E-state index in [4.69, 9.17) is 17.3 Å². The van der Waals surface area contributed by atoms with Crippen LogP contribution in [-0.4, -0.2) is 72.5 Å². The number of hydrogen-bond donors (Lipinski definition) is 5. The molecule has 2 unspecified atom stereocenters. The maximum absolute atomic E-state index is 12.9. The fraction of sp³-hybridized carbons (Fsp3) is 0.353. The van der Waals surface area contributed by atoms with E-state index in [9.17, 15) is 24.7 Å². The lowest BCUT2D eigenvalue weighted by atomic mass is 9.86. The largest absolute Gasteiger partial charge is 0.477 e. The highest BCUT2D eigenvalue weighted by molar-refractivity contribution is 8.04. The van der Waals surface area contributed by atoms with Crippen molar-refractivity contribution in [3.05, 3.63) is 20.6 Å². The SMILES string of the molecule is CCNc1nnc(SC2=C(C(=O)O)N3C(=O)C(NC(=O)/C(=N\O)c4nc(N)sc4Cl)C3CC2)s1. The van der Waals surface area contributed by atoms with Gasteiger partial charge in [-0.05, 0) is 19.8 Å². The second-order valence-corrected chi connectivity index (χ2v) is 10.9. The molecule has 2 aromatic heterocycles. The minimum atomic E-state index is -1.26. The number of β-lactam (4-membered cyclic amide) rings is 1. The number of anilines is 2. The van der Waals surface area contributed by atoms with Crippen molar-refractivity contribution in [1.82, 2.24) is 25.4 Å². The Bertz CT molecular complexity index is 1230. The van der Waals surface area contributed by atoms with Crippen LogP contribution in [0.2, 0.25) is 4.34 Å². The molecule has 2 atom stereocenters. The molecular weight excluding hydrogens is 528 g/mol. The Kier molecular flexibility index (Phi) is 6.92. The molecular formula is C17H17ClN8O5S3. The van der Waals surface area contributed by atoms with Crippen molar-refractivity contribution >= 4 is 79.8 Å². The van der Waals surface area contributed by atoms with Gasteiger partial charge in [-0.25, -0.2) is 9.78 Å². The first-order valence-corrected chi connectivity index (χ1v) is 12.6. The third kappa shape index (κ3) is 4.40. The Morgan fingerprint density at radius 3 is 2.76 bits per heavy atom. The maximum atomic E-state index is 12.9. The predicted molar refractivity (Wildman–Crippen MR) is 126 cm³/mol. The van der Waals surface area contributed by atoms with Crippen LogP contribution in [0.5, 0.6) is 0 Å². The van der Waals surface area contributed by atoms with E-state index in [1.807, 2.05) is 6.92 Å². The summed E-state index contributed by atoms with van der Waals surface area (Å²) >= 11 is 9.31. The molecule has 1 fully saturated rings. The number of nitrogen functional groups attached to an aromatic ring is 1. The number of carboxylic acids is 1. The van der Waals surface area contributed by atoms with Gasteiger partial charge in [0.25, 0.3) is 11.8 Å². The Labute approximate surface area is 209 Å². The number of carboxylic acid groups (broad SMARTS) is 1. The summed E-state index contributed by atoms with van der Waals surface area (Å²) in [5.74, 6) is -2.75. The van der Waals surface area contributed by atoms with Crippen LogP contribution < -0.4 is 16.4 Å². The van der Waals surface area contributed by atoms with Crippen molar-refractivity contribution < 1.29 is 24.7 Å². The molecule has 0 saturated carbocycles. The molecule has 6 N–H and O–H groups in total. The summed E-state index contributed by atoms with van der Waals surface area (Å²) in [6.45, 7) is 2.59. The zero-order valence-corrected chi connectivity index (χ0v) is 20.5. The number of nitrogens with one attached hydrogen (secondary N) is 2. The fourth-order valence-electron chi connectivity index (χ4n) is 3.58. The zero-order valence-electron chi connectivity index (χ0n) is 17.3. The molecule has 180 valence electrons. The van der Waals surface area contributed by atoms with E-state index in [1.165, 1.54) is 11.3 Å². The summed E-state index contributed by atoms with van der Waals surface area (Å²) in [7, 11) is 0. The van der Waals surface area contributed by atoms with Crippen molar-refractivity contribution in [2.24, 2.45) is 5.16 Å². The van der Waals surface area contributed by atoms with Gasteiger partial charge in [0.1, 0.15) is 21.8 Å². The highest BCUT2D eigenvalue weighted by Gasteiger charge is 2.54. The Hall–Kier alpha value is -2.95. The van der Waals surface area contributed by atoms with Gasteiger partial charge in [-0.1, -0.05) is 51.2 Å². The highest BCUT2D eigenvalue weighted by Crippen LogP contribution is 2.44. The number of carbonyl (C=O) groups excluding carboxylic acids is 2. The number of fused-ring (bicyclic) bond motifs is 1. The molecule has 4 rings (SSSR count). The number of nitrogens with zero attached hydrogens (tertiary/aromatic N) is 5. The first-order valence-electron chi connectivity index (χ1n) is 9.74. The molecule has 4 heterocycles. The molecule has 34 heavy (non-hydrogen) atoms. The van der Waals surface area contributed by atoms with E-state index >= 15 is 0 Å². The number of rotatable bonds is 8. The van der Waals surface area contributed by atoms with Gasteiger partial charge < -0.3 is 26.7 Å². The molecule has 2 aliphatic rings. The van der Waals surface area contributed by atoms with Crippen LogP contribution in [0.4, 0.5) is 10.3 Å². The molecule has 0 spiro atoms. The van der Waals surface area contributed by atoms with Crippen molar-refractivity contribution in [1.29, 1.82) is 0 Å². The number of hydrogen-bond acceptors (Lipinski definition) is 13. The summed E-state index contributed by atoms with van der Waals surface area (Å²) in [4.78, 5) is 43.1. The smallest absolute Gasteiger partial charge is 0.353 e. The minimum Gasteiger partial charge on any atom is -0.477 e. The number of thioether (sulfide) groups is 1. The van der Waals surface area contributed by atoms with Gasteiger partial charge in [-0.2, -0.15) is 0 Å². The van der Waals surface area contributed by atoms with E-state index in [0.29, 0.717) is 33.8 Å². The maximum Gasteiger partial charge on any atom is 0.353 e. The predicted octanol–water partition coefficient (Wildman–Crippen LogP) is 1.42. The molecule has 0 aliphatic carbocycles. The summed E-state index contributed by atoms with van der Waals surface area (Å²) in [5.41, 5.74) is 4.80. The third-order valence-corrected chi connectivity index (χ3v) is 8.13. The van der Waals surface area contributed by atoms with Crippen LogP contribution >= 0.6 is 46.0 Å². The highest BCUT2D eigenvalue weighted by atomic mass is 35.5. The van der Waals surface area contributed by atoms with Crippen molar-refractivity contribution in [2.75, 3.05) is 17.6 Å².